The van der Waals surface area contributed by atoms with Crippen molar-refractivity contribution in [2.75, 3.05) is 27.2 Å². The maximum atomic E-state index is 6.43. The zero-order valence-corrected chi connectivity index (χ0v) is 15.3. The minimum atomic E-state index is 0. The summed E-state index contributed by atoms with van der Waals surface area (Å²) >= 11 is 6.43. The topological polar surface area (TPSA) is 25.4 Å². The third kappa shape index (κ3) is 4.28. The Kier molecular flexibility index (Phi) is 6.51. The molecular formula is C18H24Cl2N2O. The monoisotopic (exact) mass is 354 g/mol. The summed E-state index contributed by atoms with van der Waals surface area (Å²) < 4.78 is 5.35. The third-order valence-corrected chi connectivity index (χ3v) is 5.10. The van der Waals surface area contributed by atoms with Crippen molar-refractivity contribution in [3.8, 4) is 5.75 Å². The highest BCUT2D eigenvalue weighted by molar-refractivity contribution is 6.32. The number of fused-ring (bicyclic) bond motifs is 1. The van der Waals surface area contributed by atoms with Gasteiger partial charge >= 0.3 is 0 Å². The van der Waals surface area contributed by atoms with Crippen LogP contribution in [0, 0.1) is 5.92 Å². The normalized spacial score (nSPS) is 16.3. The van der Waals surface area contributed by atoms with Gasteiger partial charge in [0.15, 0.2) is 0 Å². The van der Waals surface area contributed by atoms with Crippen molar-refractivity contribution in [2.24, 2.45) is 5.92 Å². The molecule has 0 unspecified atom stereocenters. The van der Waals surface area contributed by atoms with Gasteiger partial charge in [-0.25, -0.2) is 0 Å². The van der Waals surface area contributed by atoms with Crippen LogP contribution in [0.25, 0.3) is 10.9 Å². The van der Waals surface area contributed by atoms with Crippen molar-refractivity contribution in [2.45, 2.75) is 25.7 Å². The number of hydrogen-bond acceptors (Lipinski definition) is 3. The Morgan fingerprint density at radius 1 is 1.30 bits per heavy atom. The van der Waals surface area contributed by atoms with E-state index in [0.29, 0.717) is 0 Å². The maximum absolute atomic E-state index is 6.43. The minimum Gasteiger partial charge on any atom is -0.497 e. The fourth-order valence-corrected chi connectivity index (χ4v) is 3.53. The molecule has 2 heterocycles. The van der Waals surface area contributed by atoms with Crippen molar-refractivity contribution in [3.05, 3.63) is 35.0 Å². The first-order valence-corrected chi connectivity index (χ1v) is 8.35. The standard InChI is InChI=1S/C18H23ClN2O.ClH/c1-21-9-7-13(8-10-21)3-5-15-16-11-14(22-2)4-6-18(16)20-12-17(15)19;/h4,6,11-13H,3,5,7-10H2,1-2H3;1H. The van der Waals surface area contributed by atoms with Crippen molar-refractivity contribution in [3.63, 3.8) is 0 Å². The van der Waals surface area contributed by atoms with Crippen LogP contribution in [-0.4, -0.2) is 37.1 Å². The van der Waals surface area contributed by atoms with E-state index in [1.165, 1.54) is 37.9 Å². The predicted octanol–water partition coefficient (Wildman–Crippen LogP) is 4.59. The summed E-state index contributed by atoms with van der Waals surface area (Å²) in [4.78, 5) is 6.84. The average molecular weight is 355 g/mol. The molecule has 1 saturated heterocycles. The van der Waals surface area contributed by atoms with Gasteiger partial charge in [-0.1, -0.05) is 11.6 Å². The molecular weight excluding hydrogens is 331 g/mol. The van der Waals surface area contributed by atoms with Crippen LogP contribution >= 0.6 is 24.0 Å². The SMILES string of the molecule is COc1ccc2ncc(Cl)c(CCC3CCN(C)CC3)c2c1.Cl. The van der Waals surface area contributed by atoms with E-state index in [4.69, 9.17) is 16.3 Å². The number of hydrogen-bond donors (Lipinski definition) is 0. The van der Waals surface area contributed by atoms with E-state index < -0.39 is 0 Å². The number of rotatable bonds is 4. The summed E-state index contributed by atoms with van der Waals surface area (Å²) in [5.41, 5.74) is 2.20. The molecule has 3 rings (SSSR count). The molecule has 0 atom stereocenters. The molecule has 23 heavy (non-hydrogen) atoms. The number of aryl methyl sites for hydroxylation is 1. The van der Waals surface area contributed by atoms with E-state index in [9.17, 15) is 0 Å². The highest BCUT2D eigenvalue weighted by atomic mass is 35.5. The van der Waals surface area contributed by atoms with Crippen LogP contribution in [0.2, 0.25) is 5.02 Å². The molecule has 126 valence electrons. The number of nitrogens with zero attached hydrogens (tertiary/aromatic N) is 2. The quantitative estimate of drug-likeness (QED) is 0.802. The van der Waals surface area contributed by atoms with Gasteiger partial charge in [-0.15, -0.1) is 12.4 Å². The van der Waals surface area contributed by atoms with E-state index in [1.807, 2.05) is 12.1 Å². The second kappa shape index (κ2) is 8.18. The number of halogens is 2. The van der Waals surface area contributed by atoms with Gasteiger partial charge in [-0.05, 0) is 75.5 Å². The number of benzene rings is 1. The van der Waals surface area contributed by atoms with Gasteiger partial charge in [0.2, 0.25) is 0 Å². The van der Waals surface area contributed by atoms with Crippen molar-refractivity contribution < 1.29 is 4.74 Å². The lowest BCUT2D eigenvalue weighted by atomic mass is 9.90. The molecule has 0 bridgehead atoms. The first kappa shape index (κ1) is 18.3. The smallest absolute Gasteiger partial charge is 0.119 e. The summed E-state index contributed by atoms with van der Waals surface area (Å²) in [5.74, 6) is 1.66. The predicted molar refractivity (Wildman–Crippen MR) is 99.1 cm³/mol. The van der Waals surface area contributed by atoms with Gasteiger partial charge in [0.1, 0.15) is 5.75 Å². The zero-order valence-electron chi connectivity index (χ0n) is 13.7. The van der Waals surface area contributed by atoms with Crippen LogP contribution in [0.1, 0.15) is 24.8 Å². The van der Waals surface area contributed by atoms with Crippen LogP contribution in [-0.2, 0) is 6.42 Å². The molecule has 0 aliphatic carbocycles. The third-order valence-electron chi connectivity index (χ3n) is 4.77. The number of pyridine rings is 1. The Balaban J connectivity index is 0.00000192. The van der Waals surface area contributed by atoms with Gasteiger partial charge < -0.3 is 9.64 Å². The second-order valence-corrected chi connectivity index (χ2v) is 6.66. The van der Waals surface area contributed by atoms with Crippen LogP contribution in [0.4, 0.5) is 0 Å². The molecule has 0 amide bonds. The number of methoxy groups -OCH3 is 1. The molecule has 5 heteroatoms. The van der Waals surface area contributed by atoms with E-state index in [1.54, 1.807) is 13.3 Å². The van der Waals surface area contributed by atoms with E-state index in [2.05, 4.69) is 23.0 Å². The second-order valence-electron chi connectivity index (χ2n) is 6.25. The molecule has 0 saturated carbocycles. The van der Waals surface area contributed by atoms with Gasteiger partial charge in [0.25, 0.3) is 0 Å². The Labute approximate surface area is 149 Å². The number of ether oxygens (including phenoxy) is 1. The van der Waals surface area contributed by atoms with Crippen molar-refractivity contribution >= 4 is 34.9 Å². The molecule has 3 nitrogen and oxygen atoms in total. The van der Waals surface area contributed by atoms with E-state index in [-0.39, 0.29) is 12.4 Å². The summed E-state index contributed by atoms with van der Waals surface area (Å²) in [7, 11) is 3.90. The summed E-state index contributed by atoms with van der Waals surface area (Å²) in [5, 5.41) is 1.90. The number of piperidine rings is 1. The lowest BCUT2D eigenvalue weighted by Gasteiger charge is -2.29. The highest BCUT2D eigenvalue weighted by Crippen LogP contribution is 2.30. The molecule has 1 aliphatic heterocycles. The van der Waals surface area contributed by atoms with Gasteiger partial charge in [-0.2, -0.15) is 0 Å². The van der Waals surface area contributed by atoms with Crippen LogP contribution in [0.5, 0.6) is 5.75 Å². The first-order chi connectivity index (χ1) is 10.7. The van der Waals surface area contributed by atoms with Crippen LogP contribution in [0.15, 0.2) is 24.4 Å². The lowest BCUT2D eigenvalue weighted by molar-refractivity contribution is 0.212. The maximum Gasteiger partial charge on any atom is 0.119 e. The van der Waals surface area contributed by atoms with Crippen molar-refractivity contribution in [1.82, 2.24) is 9.88 Å². The first-order valence-electron chi connectivity index (χ1n) is 7.97. The fraction of sp³-hybridized carbons (Fsp3) is 0.500. The highest BCUT2D eigenvalue weighted by Gasteiger charge is 2.18. The molecule has 0 radical (unpaired) electrons. The van der Waals surface area contributed by atoms with Gasteiger partial charge in [0, 0.05) is 11.6 Å². The Morgan fingerprint density at radius 2 is 2.04 bits per heavy atom. The van der Waals surface area contributed by atoms with Gasteiger partial charge in [0.05, 0.1) is 17.6 Å². The number of aromatic nitrogens is 1. The molecule has 1 aromatic carbocycles. The molecule has 0 spiro atoms. The summed E-state index contributed by atoms with van der Waals surface area (Å²) in [6, 6.07) is 6.01. The van der Waals surface area contributed by atoms with Crippen LogP contribution < -0.4 is 4.74 Å². The molecule has 1 fully saturated rings. The summed E-state index contributed by atoms with van der Waals surface area (Å²) in [6.45, 7) is 2.42. The molecule has 1 aliphatic rings. The molecule has 0 N–H and O–H groups in total. The van der Waals surface area contributed by atoms with E-state index >= 15 is 0 Å². The zero-order chi connectivity index (χ0) is 15.5. The number of likely N-dealkylation sites (tertiary alicyclic amines) is 1. The Hall–Kier alpha value is -1.03. The Morgan fingerprint density at radius 3 is 2.74 bits per heavy atom. The summed E-state index contributed by atoms with van der Waals surface area (Å²) in [6.07, 6.45) is 6.57. The van der Waals surface area contributed by atoms with Crippen LogP contribution in [0.3, 0.4) is 0 Å². The van der Waals surface area contributed by atoms with Crippen molar-refractivity contribution in [1.29, 1.82) is 0 Å². The largest absolute Gasteiger partial charge is 0.497 e. The fourth-order valence-electron chi connectivity index (χ4n) is 3.28. The molecule has 2 aromatic rings. The van der Waals surface area contributed by atoms with E-state index in [0.717, 1.165) is 34.0 Å². The molecule has 1 aromatic heterocycles. The Bertz CT molecular complexity index is 655. The van der Waals surface area contributed by atoms with Gasteiger partial charge in [-0.3, -0.25) is 4.98 Å². The lowest BCUT2D eigenvalue weighted by Crippen LogP contribution is -2.30. The average Bonchev–Trinajstić information content (AvgIpc) is 2.55. The minimum absolute atomic E-state index is 0.